The summed E-state index contributed by atoms with van der Waals surface area (Å²) in [7, 11) is 0. The van der Waals surface area contributed by atoms with Gasteiger partial charge in [0.15, 0.2) is 0 Å². The van der Waals surface area contributed by atoms with Crippen molar-refractivity contribution in [1.29, 1.82) is 0 Å². The minimum absolute atomic E-state index is 0.111. The van der Waals surface area contributed by atoms with Crippen LogP contribution in [0.3, 0.4) is 0 Å². The number of benzene rings is 1. The summed E-state index contributed by atoms with van der Waals surface area (Å²) in [6.45, 7) is 1.70. The molecule has 7 heteroatoms. The van der Waals surface area contributed by atoms with Crippen molar-refractivity contribution in [1.82, 2.24) is 4.98 Å². The molecule has 2 aromatic rings. The van der Waals surface area contributed by atoms with Crippen molar-refractivity contribution in [3.63, 3.8) is 0 Å². The first-order valence-electron chi connectivity index (χ1n) is 5.65. The van der Waals surface area contributed by atoms with Gasteiger partial charge < -0.3 is 5.32 Å². The first-order chi connectivity index (χ1) is 9.47. The van der Waals surface area contributed by atoms with E-state index in [-0.39, 0.29) is 11.3 Å². The number of anilines is 1. The summed E-state index contributed by atoms with van der Waals surface area (Å²) in [5.41, 5.74) is 1.27. The normalized spacial score (nSPS) is 10.1. The van der Waals surface area contributed by atoms with Crippen molar-refractivity contribution in [2.45, 2.75) is 6.92 Å². The van der Waals surface area contributed by atoms with E-state index >= 15 is 0 Å². The van der Waals surface area contributed by atoms with Crippen molar-refractivity contribution in [2.24, 2.45) is 0 Å². The highest BCUT2D eigenvalue weighted by molar-refractivity contribution is 9.10. The molecule has 0 atom stereocenters. The molecule has 0 fully saturated rings. The molecule has 0 radical (unpaired) electrons. The van der Waals surface area contributed by atoms with E-state index < -0.39 is 10.8 Å². The highest BCUT2D eigenvalue weighted by Gasteiger charge is 2.14. The third-order valence-corrected chi connectivity index (χ3v) is 3.17. The van der Waals surface area contributed by atoms with Crippen LogP contribution in [0.5, 0.6) is 0 Å². The maximum Gasteiger partial charge on any atom is 0.270 e. The standard InChI is InChI=1S/C13H10BrN3O3/c1-8-5-9(7-10(6-8)17(19)20)13(18)16-11-3-2-4-15-12(11)14/h2-7H,1H3,(H,16,18). The van der Waals surface area contributed by atoms with Crippen molar-refractivity contribution in [3.8, 4) is 0 Å². The number of nitrogens with one attached hydrogen (secondary N) is 1. The van der Waals surface area contributed by atoms with Gasteiger partial charge in [0.1, 0.15) is 4.60 Å². The lowest BCUT2D eigenvalue weighted by molar-refractivity contribution is -0.384. The number of nitro benzene ring substituents is 1. The van der Waals surface area contributed by atoms with Gasteiger partial charge in [-0.05, 0) is 46.6 Å². The number of nitrogens with zero attached hydrogens (tertiary/aromatic N) is 2. The Morgan fingerprint density at radius 2 is 2.15 bits per heavy atom. The number of carbonyl (C=O) groups is 1. The summed E-state index contributed by atoms with van der Waals surface area (Å²) in [4.78, 5) is 26.4. The number of hydrogen-bond acceptors (Lipinski definition) is 4. The number of carbonyl (C=O) groups excluding carboxylic acids is 1. The van der Waals surface area contributed by atoms with E-state index in [1.54, 1.807) is 31.3 Å². The molecule has 1 aromatic carbocycles. The molecule has 20 heavy (non-hydrogen) atoms. The predicted molar refractivity (Wildman–Crippen MR) is 77.7 cm³/mol. The van der Waals surface area contributed by atoms with Crippen LogP contribution >= 0.6 is 15.9 Å². The van der Waals surface area contributed by atoms with Gasteiger partial charge in [0.05, 0.1) is 10.6 Å². The maximum absolute atomic E-state index is 12.1. The van der Waals surface area contributed by atoms with Crippen LogP contribution in [0.15, 0.2) is 41.1 Å². The van der Waals surface area contributed by atoms with Crippen LogP contribution in [-0.4, -0.2) is 15.8 Å². The average molecular weight is 336 g/mol. The third kappa shape index (κ3) is 3.18. The zero-order valence-corrected chi connectivity index (χ0v) is 12.0. The fourth-order valence-corrected chi connectivity index (χ4v) is 2.02. The van der Waals surface area contributed by atoms with Crippen molar-refractivity contribution >= 4 is 33.2 Å². The molecule has 2 rings (SSSR count). The molecule has 6 nitrogen and oxygen atoms in total. The van der Waals surface area contributed by atoms with Gasteiger partial charge in [-0.2, -0.15) is 0 Å². The maximum atomic E-state index is 12.1. The van der Waals surface area contributed by atoms with E-state index in [2.05, 4.69) is 26.2 Å². The first kappa shape index (κ1) is 14.1. The van der Waals surface area contributed by atoms with Crippen molar-refractivity contribution in [3.05, 3.63) is 62.4 Å². The Labute approximate surface area is 123 Å². The van der Waals surface area contributed by atoms with Gasteiger partial charge in [-0.3, -0.25) is 14.9 Å². The number of halogens is 1. The first-order valence-corrected chi connectivity index (χ1v) is 6.44. The number of non-ortho nitro benzene ring substituents is 1. The summed E-state index contributed by atoms with van der Waals surface area (Å²) in [5.74, 6) is -0.425. The van der Waals surface area contributed by atoms with Crippen LogP contribution in [0, 0.1) is 17.0 Å². The van der Waals surface area contributed by atoms with E-state index in [1.807, 2.05) is 0 Å². The second-order valence-electron chi connectivity index (χ2n) is 4.11. The van der Waals surface area contributed by atoms with Gasteiger partial charge in [-0.1, -0.05) is 0 Å². The molecule has 0 saturated carbocycles. The van der Waals surface area contributed by atoms with E-state index in [4.69, 9.17) is 0 Å². The Bertz CT molecular complexity index is 688. The summed E-state index contributed by atoms with van der Waals surface area (Å²) >= 11 is 3.22. The smallest absolute Gasteiger partial charge is 0.270 e. The van der Waals surface area contributed by atoms with Gasteiger partial charge in [-0.25, -0.2) is 4.98 Å². The lowest BCUT2D eigenvalue weighted by Crippen LogP contribution is -2.13. The Kier molecular flexibility index (Phi) is 4.09. The topological polar surface area (TPSA) is 85.1 Å². The quantitative estimate of drug-likeness (QED) is 0.529. The minimum atomic E-state index is -0.524. The molecule has 0 unspecified atom stereocenters. The molecule has 1 amide bonds. The van der Waals surface area contributed by atoms with E-state index in [1.165, 1.54) is 12.1 Å². The van der Waals surface area contributed by atoms with Crippen LogP contribution in [0.1, 0.15) is 15.9 Å². The van der Waals surface area contributed by atoms with Crippen LogP contribution in [0.4, 0.5) is 11.4 Å². The lowest BCUT2D eigenvalue weighted by atomic mass is 10.1. The average Bonchev–Trinajstić information content (AvgIpc) is 2.40. The van der Waals surface area contributed by atoms with Crippen molar-refractivity contribution < 1.29 is 9.72 Å². The highest BCUT2D eigenvalue weighted by atomic mass is 79.9. The second kappa shape index (κ2) is 5.79. The van der Waals surface area contributed by atoms with Crippen LogP contribution in [0.2, 0.25) is 0 Å². The van der Waals surface area contributed by atoms with Gasteiger partial charge in [0.25, 0.3) is 11.6 Å². The number of hydrogen-bond donors (Lipinski definition) is 1. The molecule has 102 valence electrons. The Hall–Kier alpha value is -2.28. The Morgan fingerprint density at radius 3 is 2.80 bits per heavy atom. The molecule has 0 aliphatic rings. The molecule has 1 N–H and O–H groups in total. The largest absolute Gasteiger partial charge is 0.320 e. The zero-order valence-electron chi connectivity index (χ0n) is 10.5. The third-order valence-electron chi connectivity index (χ3n) is 2.54. The SMILES string of the molecule is Cc1cc(C(=O)Nc2cccnc2Br)cc([N+](=O)[O-])c1. The summed E-state index contributed by atoms with van der Waals surface area (Å²) in [6.07, 6.45) is 1.58. The molecule has 0 spiro atoms. The Morgan fingerprint density at radius 1 is 1.40 bits per heavy atom. The Balaban J connectivity index is 2.30. The number of pyridine rings is 1. The molecular formula is C13H10BrN3O3. The van der Waals surface area contributed by atoms with Gasteiger partial charge in [0.2, 0.25) is 0 Å². The minimum Gasteiger partial charge on any atom is -0.320 e. The van der Waals surface area contributed by atoms with Crippen LogP contribution in [0.25, 0.3) is 0 Å². The number of aryl methyl sites for hydroxylation is 1. The molecule has 0 aliphatic carbocycles. The highest BCUT2D eigenvalue weighted by Crippen LogP contribution is 2.21. The molecule has 0 bridgehead atoms. The summed E-state index contributed by atoms with van der Waals surface area (Å²) in [5, 5.41) is 13.4. The van der Waals surface area contributed by atoms with E-state index in [0.29, 0.717) is 15.9 Å². The van der Waals surface area contributed by atoms with E-state index in [0.717, 1.165) is 0 Å². The van der Waals surface area contributed by atoms with Gasteiger partial charge in [-0.15, -0.1) is 0 Å². The summed E-state index contributed by atoms with van der Waals surface area (Å²) < 4.78 is 0.496. The summed E-state index contributed by atoms with van der Waals surface area (Å²) in [6, 6.07) is 7.61. The van der Waals surface area contributed by atoms with E-state index in [9.17, 15) is 14.9 Å². The zero-order chi connectivity index (χ0) is 14.7. The lowest BCUT2D eigenvalue weighted by Gasteiger charge is -2.07. The molecule has 1 heterocycles. The number of aromatic nitrogens is 1. The van der Waals surface area contributed by atoms with Crippen molar-refractivity contribution in [2.75, 3.05) is 5.32 Å². The fourth-order valence-electron chi connectivity index (χ4n) is 1.67. The molecular weight excluding hydrogens is 326 g/mol. The molecule has 1 aromatic heterocycles. The predicted octanol–water partition coefficient (Wildman–Crippen LogP) is 3.31. The van der Waals surface area contributed by atoms with Gasteiger partial charge in [0, 0.05) is 23.9 Å². The fraction of sp³-hybridized carbons (Fsp3) is 0.0769. The number of nitro groups is 1. The number of rotatable bonds is 3. The second-order valence-corrected chi connectivity index (χ2v) is 4.86. The number of amides is 1. The molecule has 0 saturated heterocycles. The van der Waals surface area contributed by atoms with Crippen LogP contribution in [-0.2, 0) is 0 Å². The monoisotopic (exact) mass is 335 g/mol. The van der Waals surface area contributed by atoms with Gasteiger partial charge >= 0.3 is 0 Å². The molecule has 0 aliphatic heterocycles. The van der Waals surface area contributed by atoms with Crippen LogP contribution < -0.4 is 5.32 Å².